The molecule has 2 atom stereocenters. The molecule has 0 saturated carbocycles. The summed E-state index contributed by atoms with van der Waals surface area (Å²) in [6.45, 7) is 0.899. The molecule has 20 heavy (non-hydrogen) atoms. The van der Waals surface area contributed by atoms with Gasteiger partial charge in [0.05, 0.1) is 6.04 Å². The number of nitrogens with two attached hydrogens (primary N) is 1. The number of benzene rings is 1. The second kappa shape index (κ2) is 5.56. The number of pyridine rings is 1. The van der Waals surface area contributed by atoms with Gasteiger partial charge in [-0.1, -0.05) is 12.1 Å². The SMILES string of the molecule is NC(NC(=O)[C@@H]1CCCN1)c1ccc2cnccc2c1. The third kappa shape index (κ3) is 2.64. The molecule has 4 N–H and O–H groups in total. The number of fused-ring (bicyclic) bond motifs is 1. The molecule has 1 fully saturated rings. The lowest BCUT2D eigenvalue weighted by molar-refractivity contribution is -0.123. The third-order valence-corrected chi connectivity index (χ3v) is 3.70. The van der Waals surface area contributed by atoms with Crippen LogP contribution < -0.4 is 16.4 Å². The number of carbonyl (C=O) groups excluding carboxylic acids is 1. The predicted octanol–water partition coefficient (Wildman–Crippen LogP) is 1.06. The van der Waals surface area contributed by atoms with Crippen molar-refractivity contribution < 1.29 is 4.79 Å². The van der Waals surface area contributed by atoms with E-state index in [2.05, 4.69) is 15.6 Å². The Labute approximate surface area is 117 Å². The normalized spacial score (nSPS) is 19.9. The maximum atomic E-state index is 12.0. The fourth-order valence-electron chi connectivity index (χ4n) is 2.54. The highest BCUT2D eigenvalue weighted by molar-refractivity contribution is 5.84. The first-order valence-corrected chi connectivity index (χ1v) is 6.87. The second-order valence-electron chi connectivity index (χ2n) is 5.12. The molecule has 1 aromatic carbocycles. The first-order valence-electron chi connectivity index (χ1n) is 6.87. The molecule has 1 amide bonds. The van der Waals surface area contributed by atoms with Crippen molar-refractivity contribution in [3.8, 4) is 0 Å². The monoisotopic (exact) mass is 270 g/mol. The highest BCUT2D eigenvalue weighted by Gasteiger charge is 2.23. The zero-order chi connectivity index (χ0) is 13.9. The highest BCUT2D eigenvalue weighted by atomic mass is 16.2. The van der Waals surface area contributed by atoms with Gasteiger partial charge in [0.1, 0.15) is 6.17 Å². The minimum absolute atomic E-state index is 0.0233. The summed E-state index contributed by atoms with van der Waals surface area (Å²) in [6.07, 6.45) is 4.99. The van der Waals surface area contributed by atoms with Crippen molar-refractivity contribution in [2.24, 2.45) is 5.73 Å². The molecule has 2 aromatic rings. The Kier molecular flexibility index (Phi) is 3.62. The Hall–Kier alpha value is -1.98. The van der Waals surface area contributed by atoms with E-state index in [1.54, 1.807) is 6.20 Å². The maximum absolute atomic E-state index is 12.0. The van der Waals surface area contributed by atoms with Crippen LogP contribution in [-0.2, 0) is 4.79 Å². The van der Waals surface area contributed by atoms with Crippen molar-refractivity contribution in [1.29, 1.82) is 0 Å². The summed E-state index contributed by atoms with van der Waals surface area (Å²) in [5.74, 6) is -0.0233. The van der Waals surface area contributed by atoms with E-state index >= 15 is 0 Å². The fourth-order valence-corrected chi connectivity index (χ4v) is 2.54. The summed E-state index contributed by atoms with van der Waals surface area (Å²) in [6, 6.07) is 7.72. The number of carbonyl (C=O) groups is 1. The van der Waals surface area contributed by atoms with Crippen LogP contribution in [0.15, 0.2) is 36.7 Å². The number of amides is 1. The van der Waals surface area contributed by atoms with Crippen LogP contribution in [0.3, 0.4) is 0 Å². The quantitative estimate of drug-likeness (QED) is 0.729. The lowest BCUT2D eigenvalue weighted by Gasteiger charge is -2.18. The van der Waals surface area contributed by atoms with Gasteiger partial charge in [-0.2, -0.15) is 0 Å². The minimum Gasteiger partial charge on any atom is -0.336 e. The Morgan fingerprint density at radius 2 is 2.30 bits per heavy atom. The van der Waals surface area contributed by atoms with Gasteiger partial charge in [-0.05, 0) is 42.5 Å². The summed E-state index contributed by atoms with van der Waals surface area (Å²) in [5, 5.41) is 8.16. The lowest BCUT2D eigenvalue weighted by Crippen LogP contribution is -2.44. The number of nitrogens with one attached hydrogen (secondary N) is 2. The molecule has 2 heterocycles. The van der Waals surface area contributed by atoms with Gasteiger partial charge < -0.3 is 16.4 Å². The van der Waals surface area contributed by atoms with Crippen molar-refractivity contribution in [2.45, 2.75) is 25.0 Å². The van der Waals surface area contributed by atoms with Gasteiger partial charge in [0, 0.05) is 17.8 Å². The summed E-state index contributed by atoms with van der Waals surface area (Å²) in [7, 11) is 0. The molecule has 5 nitrogen and oxygen atoms in total. The summed E-state index contributed by atoms with van der Waals surface area (Å²) in [4.78, 5) is 16.1. The summed E-state index contributed by atoms with van der Waals surface area (Å²) < 4.78 is 0. The minimum atomic E-state index is -0.484. The van der Waals surface area contributed by atoms with Gasteiger partial charge in [0.15, 0.2) is 0 Å². The molecular weight excluding hydrogens is 252 g/mol. The molecule has 1 saturated heterocycles. The van der Waals surface area contributed by atoms with E-state index in [0.717, 1.165) is 35.7 Å². The van der Waals surface area contributed by atoms with Gasteiger partial charge in [-0.15, -0.1) is 0 Å². The highest BCUT2D eigenvalue weighted by Crippen LogP contribution is 2.17. The van der Waals surface area contributed by atoms with Crippen molar-refractivity contribution in [3.05, 3.63) is 42.2 Å². The smallest absolute Gasteiger partial charge is 0.238 e. The van der Waals surface area contributed by atoms with Crippen molar-refractivity contribution in [1.82, 2.24) is 15.6 Å². The van der Waals surface area contributed by atoms with Crippen LogP contribution in [0.5, 0.6) is 0 Å². The average Bonchev–Trinajstić information content (AvgIpc) is 3.01. The van der Waals surface area contributed by atoms with Crippen molar-refractivity contribution >= 4 is 16.7 Å². The van der Waals surface area contributed by atoms with Crippen LogP contribution in [0.2, 0.25) is 0 Å². The van der Waals surface area contributed by atoms with Crippen LogP contribution in [0.4, 0.5) is 0 Å². The van der Waals surface area contributed by atoms with E-state index in [9.17, 15) is 4.79 Å². The predicted molar refractivity (Wildman–Crippen MR) is 77.8 cm³/mol. The van der Waals surface area contributed by atoms with E-state index < -0.39 is 6.17 Å². The molecule has 1 aliphatic heterocycles. The zero-order valence-corrected chi connectivity index (χ0v) is 11.2. The Morgan fingerprint density at radius 3 is 3.10 bits per heavy atom. The Morgan fingerprint density at radius 1 is 1.40 bits per heavy atom. The molecule has 0 bridgehead atoms. The molecule has 1 aliphatic rings. The molecule has 0 aliphatic carbocycles. The van der Waals surface area contributed by atoms with Gasteiger partial charge in [0.2, 0.25) is 5.91 Å². The van der Waals surface area contributed by atoms with Crippen LogP contribution in [-0.4, -0.2) is 23.5 Å². The van der Waals surface area contributed by atoms with Gasteiger partial charge in [-0.25, -0.2) is 0 Å². The number of aromatic nitrogens is 1. The Bertz CT molecular complexity index is 622. The molecular formula is C15H18N4O. The molecule has 1 unspecified atom stereocenters. The average molecular weight is 270 g/mol. The molecule has 5 heteroatoms. The van der Waals surface area contributed by atoms with E-state index in [4.69, 9.17) is 5.73 Å². The first kappa shape index (κ1) is 13.0. The second-order valence-corrected chi connectivity index (χ2v) is 5.12. The lowest BCUT2D eigenvalue weighted by atomic mass is 10.1. The summed E-state index contributed by atoms with van der Waals surface area (Å²) >= 11 is 0. The van der Waals surface area contributed by atoms with E-state index in [0.29, 0.717) is 0 Å². The van der Waals surface area contributed by atoms with E-state index in [1.165, 1.54) is 0 Å². The summed E-state index contributed by atoms with van der Waals surface area (Å²) in [5.41, 5.74) is 6.98. The molecule has 0 radical (unpaired) electrons. The largest absolute Gasteiger partial charge is 0.336 e. The van der Waals surface area contributed by atoms with E-state index in [-0.39, 0.29) is 11.9 Å². The fraction of sp³-hybridized carbons (Fsp3) is 0.333. The van der Waals surface area contributed by atoms with Crippen LogP contribution >= 0.6 is 0 Å². The first-order chi connectivity index (χ1) is 9.74. The maximum Gasteiger partial charge on any atom is 0.238 e. The number of hydrogen-bond acceptors (Lipinski definition) is 4. The van der Waals surface area contributed by atoms with Gasteiger partial charge in [-0.3, -0.25) is 9.78 Å². The number of hydrogen-bond donors (Lipinski definition) is 3. The third-order valence-electron chi connectivity index (χ3n) is 3.70. The van der Waals surface area contributed by atoms with Crippen molar-refractivity contribution in [2.75, 3.05) is 6.54 Å². The van der Waals surface area contributed by atoms with Crippen LogP contribution in [0.25, 0.3) is 10.8 Å². The molecule has 0 spiro atoms. The van der Waals surface area contributed by atoms with Gasteiger partial charge in [0.25, 0.3) is 0 Å². The standard InChI is InChI=1S/C15H18N4O/c16-14(19-15(20)13-2-1-6-18-13)11-3-4-12-9-17-7-5-10(12)8-11/h3-5,7-9,13-14,18H,1-2,6,16H2,(H,19,20)/t13-,14?/m0/s1. The molecule has 104 valence electrons. The van der Waals surface area contributed by atoms with Crippen molar-refractivity contribution in [3.63, 3.8) is 0 Å². The van der Waals surface area contributed by atoms with Crippen LogP contribution in [0, 0.1) is 0 Å². The molecule has 1 aromatic heterocycles. The number of rotatable bonds is 3. The van der Waals surface area contributed by atoms with E-state index in [1.807, 2.05) is 30.5 Å². The van der Waals surface area contributed by atoms with Crippen LogP contribution in [0.1, 0.15) is 24.6 Å². The topological polar surface area (TPSA) is 80.0 Å². The molecule has 3 rings (SSSR count). The Balaban J connectivity index is 1.74. The van der Waals surface area contributed by atoms with Gasteiger partial charge >= 0.3 is 0 Å². The number of nitrogens with zero attached hydrogens (tertiary/aromatic N) is 1. The zero-order valence-electron chi connectivity index (χ0n) is 11.2.